The van der Waals surface area contributed by atoms with Crippen LogP contribution in [0.25, 0.3) is 10.9 Å². The standard InChI is InChI=1S/C15H19N3/c1-2-6-14-13(5-1)15(7-9-17-14)18-11-12-4-3-8-16-10-12/h1-2,5-7,9,12,16H,3-4,8,10-11H2,(H,17,18). The van der Waals surface area contributed by atoms with E-state index in [-0.39, 0.29) is 0 Å². The molecule has 3 heteroatoms. The van der Waals surface area contributed by atoms with Crippen molar-refractivity contribution in [3.05, 3.63) is 36.5 Å². The fourth-order valence-corrected chi connectivity index (χ4v) is 2.60. The number of aromatic nitrogens is 1. The van der Waals surface area contributed by atoms with Crippen LogP contribution in [0.3, 0.4) is 0 Å². The number of nitrogens with zero attached hydrogens (tertiary/aromatic N) is 1. The van der Waals surface area contributed by atoms with Gasteiger partial charge in [-0.3, -0.25) is 4.98 Å². The number of hydrogen-bond acceptors (Lipinski definition) is 3. The smallest absolute Gasteiger partial charge is 0.0722 e. The highest BCUT2D eigenvalue weighted by Crippen LogP contribution is 2.21. The van der Waals surface area contributed by atoms with Gasteiger partial charge in [0.1, 0.15) is 0 Å². The molecule has 0 bridgehead atoms. The molecule has 2 aromatic rings. The van der Waals surface area contributed by atoms with Crippen molar-refractivity contribution in [2.24, 2.45) is 5.92 Å². The van der Waals surface area contributed by atoms with E-state index in [2.05, 4.69) is 39.9 Å². The molecule has 1 atom stereocenters. The predicted octanol–water partition coefficient (Wildman–Crippen LogP) is 2.65. The monoisotopic (exact) mass is 241 g/mol. The summed E-state index contributed by atoms with van der Waals surface area (Å²) in [5.41, 5.74) is 2.26. The molecule has 1 aliphatic rings. The summed E-state index contributed by atoms with van der Waals surface area (Å²) >= 11 is 0. The maximum Gasteiger partial charge on any atom is 0.0722 e. The Morgan fingerprint density at radius 3 is 3.11 bits per heavy atom. The molecule has 0 aliphatic carbocycles. The first kappa shape index (κ1) is 11.5. The van der Waals surface area contributed by atoms with E-state index in [0.717, 1.165) is 24.5 Å². The van der Waals surface area contributed by atoms with Crippen LogP contribution in [0.4, 0.5) is 5.69 Å². The minimum absolute atomic E-state index is 0.741. The van der Waals surface area contributed by atoms with Crippen molar-refractivity contribution < 1.29 is 0 Å². The fourth-order valence-electron chi connectivity index (χ4n) is 2.60. The highest BCUT2D eigenvalue weighted by Gasteiger charge is 2.12. The Labute approximate surface area is 108 Å². The normalized spacial score (nSPS) is 19.9. The third-order valence-corrected chi connectivity index (χ3v) is 3.63. The molecular formula is C15H19N3. The van der Waals surface area contributed by atoms with Crippen LogP contribution >= 0.6 is 0 Å². The Hall–Kier alpha value is -1.61. The van der Waals surface area contributed by atoms with Crippen LogP contribution in [0, 0.1) is 5.92 Å². The lowest BCUT2D eigenvalue weighted by molar-refractivity contribution is 0.393. The largest absolute Gasteiger partial charge is 0.384 e. The quantitative estimate of drug-likeness (QED) is 0.867. The van der Waals surface area contributed by atoms with Crippen molar-refractivity contribution in [3.63, 3.8) is 0 Å². The molecule has 1 aromatic heterocycles. The summed E-state index contributed by atoms with van der Waals surface area (Å²) in [5.74, 6) is 0.741. The van der Waals surface area contributed by atoms with E-state index in [1.165, 1.54) is 30.5 Å². The third-order valence-electron chi connectivity index (χ3n) is 3.63. The van der Waals surface area contributed by atoms with Crippen LogP contribution < -0.4 is 10.6 Å². The molecule has 18 heavy (non-hydrogen) atoms. The zero-order valence-corrected chi connectivity index (χ0v) is 10.5. The lowest BCUT2D eigenvalue weighted by Crippen LogP contribution is -2.33. The molecule has 0 radical (unpaired) electrons. The number of hydrogen-bond donors (Lipinski definition) is 2. The molecule has 94 valence electrons. The molecule has 1 unspecified atom stereocenters. The van der Waals surface area contributed by atoms with Gasteiger partial charge in [-0.2, -0.15) is 0 Å². The minimum atomic E-state index is 0.741. The number of piperidine rings is 1. The summed E-state index contributed by atoms with van der Waals surface area (Å²) in [5, 5.41) is 8.25. The van der Waals surface area contributed by atoms with Gasteiger partial charge in [-0.1, -0.05) is 18.2 Å². The van der Waals surface area contributed by atoms with E-state index in [4.69, 9.17) is 0 Å². The summed E-state index contributed by atoms with van der Waals surface area (Å²) in [6.07, 6.45) is 4.50. The highest BCUT2D eigenvalue weighted by atomic mass is 14.9. The van der Waals surface area contributed by atoms with E-state index in [0.29, 0.717) is 0 Å². The molecule has 0 saturated carbocycles. The first-order chi connectivity index (χ1) is 8.93. The van der Waals surface area contributed by atoms with Crippen molar-refractivity contribution >= 4 is 16.6 Å². The van der Waals surface area contributed by atoms with Crippen LogP contribution in [-0.2, 0) is 0 Å². The van der Waals surface area contributed by atoms with Crippen LogP contribution in [0.1, 0.15) is 12.8 Å². The molecule has 0 spiro atoms. The lowest BCUT2D eigenvalue weighted by Gasteiger charge is -2.23. The van der Waals surface area contributed by atoms with Gasteiger partial charge in [-0.25, -0.2) is 0 Å². The van der Waals surface area contributed by atoms with Crippen molar-refractivity contribution in [3.8, 4) is 0 Å². The second kappa shape index (κ2) is 5.36. The Morgan fingerprint density at radius 2 is 2.22 bits per heavy atom. The Balaban J connectivity index is 1.74. The maximum absolute atomic E-state index is 4.38. The Bertz CT molecular complexity index is 513. The first-order valence-corrected chi connectivity index (χ1v) is 6.72. The number of fused-ring (bicyclic) bond motifs is 1. The second-order valence-corrected chi connectivity index (χ2v) is 4.97. The Morgan fingerprint density at radius 1 is 1.28 bits per heavy atom. The van der Waals surface area contributed by atoms with Gasteiger partial charge >= 0.3 is 0 Å². The van der Waals surface area contributed by atoms with Crippen LogP contribution in [0.2, 0.25) is 0 Å². The van der Waals surface area contributed by atoms with Crippen molar-refractivity contribution in [1.29, 1.82) is 0 Å². The predicted molar refractivity (Wildman–Crippen MR) is 75.8 cm³/mol. The molecule has 3 nitrogen and oxygen atoms in total. The van der Waals surface area contributed by atoms with E-state index in [1.54, 1.807) is 0 Å². The highest BCUT2D eigenvalue weighted by molar-refractivity contribution is 5.90. The Kier molecular flexibility index (Phi) is 3.42. The second-order valence-electron chi connectivity index (χ2n) is 4.97. The fraction of sp³-hybridized carbons (Fsp3) is 0.400. The zero-order chi connectivity index (χ0) is 12.2. The van der Waals surface area contributed by atoms with Gasteiger partial charge in [-0.15, -0.1) is 0 Å². The minimum Gasteiger partial charge on any atom is -0.384 e. The lowest BCUT2D eigenvalue weighted by atomic mass is 9.99. The van der Waals surface area contributed by atoms with Crippen LogP contribution in [0.15, 0.2) is 36.5 Å². The number of para-hydroxylation sites is 1. The van der Waals surface area contributed by atoms with E-state index in [9.17, 15) is 0 Å². The van der Waals surface area contributed by atoms with E-state index < -0.39 is 0 Å². The van der Waals surface area contributed by atoms with Gasteiger partial charge in [0.05, 0.1) is 5.52 Å². The number of rotatable bonds is 3. The van der Waals surface area contributed by atoms with Gasteiger partial charge in [0.15, 0.2) is 0 Å². The van der Waals surface area contributed by atoms with Gasteiger partial charge in [0.2, 0.25) is 0 Å². The van der Waals surface area contributed by atoms with Crippen LogP contribution in [0.5, 0.6) is 0 Å². The number of pyridine rings is 1. The van der Waals surface area contributed by atoms with Crippen LogP contribution in [-0.4, -0.2) is 24.6 Å². The molecule has 0 amide bonds. The SMILES string of the molecule is c1ccc2c(NCC3CCCNC3)ccnc2c1. The van der Waals surface area contributed by atoms with Crippen molar-refractivity contribution in [1.82, 2.24) is 10.3 Å². The van der Waals surface area contributed by atoms with Crippen molar-refractivity contribution in [2.75, 3.05) is 25.0 Å². The molecule has 1 aromatic carbocycles. The third kappa shape index (κ3) is 2.46. The summed E-state index contributed by atoms with van der Waals surface area (Å²) in [7, 11) is 0. The number of nitrogens with one attached hydrogen (secondary N) is 2. The topological polar surface area (TPSA) is 37.0 Å². The first-order valence-electron chi connectivity index (χ1n) is 6.72. The van der Waals surface area contributed by atoms with Gasteiger partial charge in [0.25, 0.3) is 0 Å². The van der Waals surface area contributed by atoms with Gasteiger partial charge in [-0.05, 0) is 44.0 Å². The number of benzene rings is 1. The molecule has 2 heterocycles. The molecule has 1 saturated heterocycles. The van der Waals surface area contributed by atoms with E-state index >= 15 is 0 Å². The molecule has 3 rings (SSSR count). The zero-order valence-electron chi connectivity index (χ0n) is 10.5. The summed E-state index contributed by atoms with van der Waals surface area (Å²) in [6, 6.07) is 10.4. The molecule has 2 N–H and O–H groups in total. The maximum atomic E-state index is 4.38. The molecular weight excluding hydrogens is 222 g/mol. The van der Waals surface area contributed by atoms with Gasteiger partial charge < -0.3 is 10.6 Å². The number of anilines is 1. The summed E-state index contributed by atoms with van der Waals surface area (Å²) in [6.45, 7) is 3.35. The van der Waals surface area contributed by atoms with Crippen molar-refractivity contribution in [2.45, 2.75) is 12.8 Å². The average molecular weight is 241 g/mol. The van der Waals surface area contributed by atoms with E-state index in [1.807, 2.05) is 12.3 Å². The summed E-state index contributed by atoms with van der Waals surface area (Å²) < 4.78 is 0. The molecule has 1 fully saturated rings. The molecule has 1 aliphatic heterocycles. The van der Waals surface area contributed by atoms with Gasteiger partial charge in [0, 0.05) is 23.8 Å². The summed E-state index contributed by atoms with van der Waals surface area (Å²) in [4.78, 5) is 4.38. The average Bonchev–Trinajstić information content (AvgIpc) is 2.46.